The lowest BCUT2D eigenvalue weighted by atomic mass is 9.72. The Morgan fingerprint density at radius 2 is 2.14 bits per heavy atom. The maximum absolute atomic E-state index is 4.46. The Bertz CT molecular complexity index is 325. The quantitative estimate of drug-likeness (QED) is 0.628. The summed E-state index contributed by atoms with van der Waals surface area (Å²) in [5.74, 6) is 0.606. The van der Waals surface area contributed by atoms with Gasteiger partial charge >= 0.3 is 0 Å². The minimum absolute atomic E-state index is 0.323. The smallest absolute Gasteiger partial charge is 0.115 e. The topological polar surface area (TPSA) is 25.8 Å². The Kier molecular flexibility index (Phi) is 2.30. The predicted molar refractivity (Wildman–Crippen MR) is 57.2 cm³/mol. The van der Waals surface area contributed by atoms with Crippen molar-refractivity contribution in [3.8, 4) is 0 Å². The minimum Gasteiger partial charge on any atom is -0.245 e. The van der Waals surface area contributed by atoms with Crippen LogP contribution in [0.15, 0.2) is 12.5 Å². The van der Waals surface area contributed by atoms with Gasteiger partial charge in [-0.3, -0.25) is 0 Å². The molecule has 0 fully saturated rings. The van der Waals surface area contributed by atoms with Crippen molar-refractivity contribution in [1.29, 1.82) is 0 Å². The molecule has 1 aromatic heterocycles. The van der Waals surface area contributed by atoms with Crippen molar-refractivity contribution in [3.63, 3.8) is 0 Å². The van der Waals surface area contributed by atoms with E-state index < -0.39 is 0 Å². The van der Waals surface area contributed by atoms with Crippen molar-refractivity contribution in [3.05, 3.63) is 23.8 Å². The highest BCUT2D eigenvalue weighted by Gasteiger charge is 2.31. The van der Waals surface area contributed by atoms with Gasteiger partial charge in [0.25, 0.3) is 0 Å². The summed E-state index contributed by atoms with van der Waals surface area (Å²) in [5.41, 5.74) is 2.97. The van der Waals surface area contributed by atoms with E-state index in [2.05, 4.69) is 30.7 Å². The van der Waals surface area contributed by atoms with Crippen LogP contribution in [-0.2, 0) is 6.42 Å². The number of aryl methyl sites for hydroxylation is 1. The first-order chi connectivity index (χ1) is 6.59. The van der Waals surface area contributed by atoms with E-state index in [1.165, 1.54) is 24.1 Å². The van der Waals surface area contributed by atoms with E-state index in [1.807, 2.05) is 6.20 Å². The van der Waals surface area contributed by atoms with Gasteiger partial charge in [-0.15, -0.1) is 0 Å². The molecule has 2 rings (SSSR count). The van der Waals surface area contributed by atoms with Gasteiger partial charge in [0.2, 0.25) is 0 Å². The molecule has 0 aromatic carbocycles. The maximum atomic E-state index is 4.46. The molecule has 0 N–H and O–H groups in total. The summed E-state index contributed by atoms with van der Waals surface area (Å²) in [6, 6.07) is 0. The zero-order valence-electron chi connectivity index (χ0n) is 9.25. The van der Waals surface area contributed by atoms with Crippen LogP contribution in [0.3, 0.4) is 0 Å². The fourth-order valence-corrected chi connectivity index (χ4v) is 2.35. The van der Waals surface area contributed by atoms with Crippen LogP contribution in [0.2, 0.25) is 0 Å². The van der Waals surface area contributed by atoms with Gasteiger partial charge in [-0.1, -0.05) is 20.8 Å². The number of hydrogen-bond acceptors (Lipinski definition) is 2. The van der Waals surface area contributed by atoms with E-state index in [1.54, 1.807) is 6.33 Å². The van der Waals surface area contributed by atoms with Gasteiger partial charge in [-0.05, 0) is 30.2 Å². The van der Waals surface area contributed by atoms with Gasteiger partial charge in [0.1, 0.15) is 6.33 Å². The number of aromatic nitrogens is 2. The van der Waals surface area contributed by atoms with Crippen molar-refractivity contribution in [2.75, 3.05) is 0 Å². The van der Waals surface area contributed by atoms with Crippen LogP contribution in [0.25, 0.3) is 0 Å². The van der Waals surface area contributed by atoms with E-state index in [4.69, 9.17) is 0 Å². The number of hydrogen-bond donors (Lipinski definition) is 0. The van der Waals surface area contributed by atoms with Crippen LogP contribution in [0, 0.1) is 5.41 Å². The Morgan fingerprint density at radius 1 is 1.36 bits per heavy atom. The van der Waals surface area contributed by atoms with Crippen molar-refractivity contribution >= 4 is 0 Å². The van der Waals surface area contributed by atoms with Gasteiger partial charge < -0.3 is 0 Å². The van der Waals surface area contributed by atoms with Crippen LogP contribution in [0.5, 0.6) is 0 Å². The summed E-state index contributed by atoms with van der Waals surface area (Å²) in [6.45, 7) is 6.90. The number of nitrogens with zero attached hydrogens (tertiary/aromatic N) is 2. The monoisotopic (exact) mass is 190 g/mol. The van der Waals surface area contributed by atoms with E-state index >= 15 is 0 Å². The summed E-state index contributed by atoms with van der Waals surface area (Å²) in [5, 5.41) is 0. The van der Waals surface area contributed by atoms with Crippen molar-refractivity contribution < 1.29 is 0 Å². The van der Waals surface area contributed by atoms with Crippen LogP contribution >= 0.6 is 0 Å². The fourth-order valence-electron chi connectivity index (χ4n) is 2.35. The maximum Gasteiger partial charge on any atom is 0.115 e. The highest BCUT2D eigenvalue weighted by molar-refractivity contribution is 5.24. The molecular formula is C12H18N2. The zero-order valence-corrected chi connectivity index (χ0v) is 9.25. The molecular weight excluding hydrogens is 172 g/mol. The second-order valence-electron chi connectivity index (χ2n) is 5.24. The molecule has 2 heteroatoms. The number of fused-ring (bicyclic) bond motifs is 1. The fraction of sp³-hybridized carbons (Fsp3) is 0.667. The lowest BCUT2D eigenvalue weighted by Crippen LogP contribution is -2.24. The van der Waals surface area contributed by atoms with Gasteiger partial charge in [0.15, 0.2) is 0 Å². The molecule has 1 aliphatic carbocycles. The molecule has 2 nitrogen and oxygen atoms in total. The second kappa shape index (κ2) is 3.34. The molecule has 1 unspecified atom stereocenters. The molecule has 1 heterocycles. The molecule has 1 aliphatic rings. The largest absolute Gasteiger partial charge is 0.245 e. The normalized spacial score (nSPS) is 21.8. The van der Waals surface area contributed by atoms with Crippen molar-refractivity contribution in [1.82, 2.24) is 9.97 Å². The van der Waals surface area contributed by atoms with Crippen LogP contribution < -0.4 is 0 Å². The van der Waals surface area contributed by atoms with Crippen molar-refractivity contribution in [2.24, 2.45) is 5.41 Å². The first-order valence-electron chi connectivity index (χ1n) is 5.38. The highest BCUT2D eigenvalue weighted by atomic mass is 14.8. The summed E-state index contributed by atoms with van der Waals surface area (Å²) in [4.78, 5) is 8.56. The third-order valence-corrected chi connectivity index (χ3v) is 3.14. The van der Waals surface area contributed by atoms with Gasteiger partial charge in [-0.25, -0.2) is 9.97 Å². The van der Waals surface area contributed by atoms with Crippen molar-refractivity contribution in [2.45, 2.75) is 46.0 Å². The molecule has 0 radical (unpaired) electrons. The van der Waals surface area contributed by atoms with E-state index in [-0.39, 0.29) is 0 Å². The molecule has 0 saturated carbocycles. The average molecular weight is 190 g/mol. The lowest BCUT2D eigenvalue weighted by Gasteiger charge is -2.34. The molecule has 0 spiro atoms. The van der Waals surface area contributed by atoms with Crippen LogP contribution in [0.1, 0.15) is 50.8 Å². The average Bonchev–Trinajstić information content (AvgIpc) is 2.15. The third-order valence-electron chi connectivity index (χ3n) is 3.14. The summed E-state index contributed by atoms with van der Waals surface area (Å²) < 4.78 is 0. The molecule has 76 valence electrons. The Hall–Kier alpha value is -0.920. The summed E-state index contributed by atoms with van der Waals surface area (Å²) in [7, 11) is 0. The van der Waals surface area contributed by atoms with Crippen LogP contribution in [-0.4, -0.2) is 9.97 Å². The highest BCUT2D eigenvalue weighted by Crippen LogP contribution is 2.41. The van der Waals surface area contributed by atoms with E-state index in [0.29, 0.717) is 11.3 Å². The third kappa shape index (κ3) is 1.66. The minimum atomic E-state index is 0.323. The zero-order chi connectivity index (χ0) is 10.2. The summed E-state index contributed by atoms with van der Waals surface area (Å²) >= 11 is 0. The van der Waals surface area contributed by atoms with Gasteiger partial charge in [-0.2, -0.15) is 0 Å². The van der Waals surface area contributed by atoms with E-state index in [0.717, 1.165) is 6.42 Å². The van der Waals surface area contributed by atoms with Gasteiger partial charge in [0, 0.05) is 12.1 Å². The molecule has 0 saturated heterocycles. The van der Waals surface area contributed by atoms with E-state index in [9.17, 15) is 0 Å². The second-order valence-corrected chi connectivity index (χ2v) is 5.24. The first-order valence-corrected chi connectivity index (χ1v) is 5.38. The molecule has 0 aliphatic heterocycles. The van der Waals surface area contributed by atoms with Crippen LogP contribution in [0.4, 0.5) is 0 Å². The first kappa shape index (κ1) is 9.63. The Balaban J connectivity index is 2.41. The molecule has 1 aromatic rings. The lowest BCUT2D eigenvalue weighted by molar-refractivity contribution is 0.283. The predicted octanol–water partition coefficient (Wildman–Crippen LogP) is 2.94. The molecule has 0 amide bonds. The summed E-state index contributed by atoms with van der Waals surface area (Å²) in [6.07, 6.45) is 7.38. The molecule has 14 heavy (non-hydrogen) atoms. The van der Waals surface area contributed by atoms with Gasteiger partial charge in [0.05, 0.1) is 5.69 Å². The standard InChI is InChI=1S/C12H18N2/c1-12(2,3)10-6-4-5-9-7-13-8-14-11(9)10/h7-8,10H,4-6H2,1-3H3. The SMILES string of the molecule is CC(C)(C)C1CCCc2cncnc21. The Morgan fingerprint density at radius 3 is 2.86 bits per heavy atom. The number of rotatable bonds is 0. The molecule has 0 bridgehead atoms. The molecule has 1 atom stereocenters. The Labute approximate surface area is 85.8 Å².